The molecule has 0 aliphatic rings. The maximum absolute atomic E-state index is 11.5. The van der Waals surface area contributed by atoms with E-state index in [0.717, 1.165) is 25.2 Å². The van der Waals surface area contributed by atoms with Crippen LogP contribution in [0.5, 0.6) is 0 Å². The molecule has 0 saturated carbocycles. The van der Waals surface area contributed by atoms with Crippen LogP contribution >= 0.6 is 0 Å². The Morgan fingerprint density at radius 2 is 1.42 bits per heavy atom. The molecule has 0 unspecified atom stereocenters. The van der Waals surface area contributed by atoms with E-state index in [9.17, 15) is 8.42 Å². The van der Waals surface area contributed by atoms with Gasteiger partial charge in [0.2, 0.25) is 0 Å². The third-order valence-corrected chi connectivity index (χ3v) is 5.02. The van der Waals surface area contributed by atoms with Crippen molar-refractivity contribution in [3.8, 4) is 0 Å². The third kappa shape index (κ3) is 5.74. The van der Waals surface area contributed by atoms with E-state index in [-0.39, 0.29) is 0 Å². The lowest BCUT2D eigenvalue weighted by Gasteiger charge is -2.22. The van der Waals surface area contributed by atoms with Crippen molar-refractivity contribution in [3.05, 3.63) is 65.2 Å². The number of sulfone groups is 1. The van der Waals surface area contributed by atoms with Gasteiger partial charge in [0.05, 0.1) is 11.5 Å². The number of ether oxygens (including phenoxy) is 1. The fourth-order valence-electron chi connectivity index (χ4n) is 2.49. The molecule has 0 spiro atoms. The smallest absolute Gasteiger partial charge is 0.175 e. The Kier molecular flexibility index (Phi) is 6.54. The van der Waals surface area contributed by atoms with E-state index >= 15 is 0 Å². The van der Waals surface area contributed by atoms with E-state index in [1.54, 1.807) is 19.2 Å². The average Bonchev–Trinajstić information content (AvgIpc) is 2.54. The zero-order valence-corrected chi connectivity index (χ0v) is 15.3. The predicted octanol–water partition coefficient (Wildman–Crippen LogP) is 3.05. The summed E-state index contributed by atoms with van der Waals surface area (Å²) in [6.07, 6.45) is 1.23. The molecule has 130 valence electrons. The third-order valence-electron chi connectivity index (χ3n) is 3.90. The van der Waals surface area contributed by atoms with E-state index in [1.807, 2.05) is 12.1 Å². The molecule has 0 atom stereocenters. The van der Waals surface area contributed by atoms with Gasteiger partial charge in [-0.15, -0.1) is 0 Å². The zero-order valence-electron chi connectivity index (χ0n) is 14.5. The van der Waals surface area contributed by atoms with Gasteiger partial charge in [0, 0.05) is 33.0 Å². The van der Waals surface area contributed by atoms with Gasteiger partial charge < -0.3 is 4.74 Å². The van der Waals surface area contributed by atoms with Crippen LogP contribution in [-0.4, -0.2) is 39.8 Å². The summed E-state index contributed by atoms with van der Waals surface area (Å²) in [5.41, 5.74) is 3.59. The first kappa shape index (κ1) is 18.6. The summed E-state index contributed by atoms with van der Waals surface area (Å²) >= 11 is 0. The molecule has 0 heterocycles. The minimum absolute atomic E-state index is 0.355. The number of nitrogens with zero attached hydrogens (tertiary/aromatic N) is 1. The second-order valence-electron chi connectivity index (χ2n) is 6.11. The van der Waals surface area contributed by atoms with Crippen LogP contribution in [0.25, 0.3) is 0 Å². The Balaban J connectivity index is 2.08. The van der Waals surface area contributed by atoms with Crippen molar-refractivity contribution in [2.75, 3.05) is 26.5 Å². The van der Waals surface area contributed by atoms with E-state index in [1.165, 1.54) is 17.4 Å². The lowest BCUT2D eigenvalue weighted by molar-refractivity contribution is 0.140. The van der Waals surface area contributed by atoms with Gasteiger partial charge in [0.15, 0.2) is 9.84 Å². The van der Waals surface area contributed by atoms with Gasteiger partial charge in [-0.1, -0.05) is 42.0 Å². The van der Waals surface area contributed by atoms with Gasteiger partial charge in [0.1, 0.15) is 0 Å². The Labute approximate surface area is 145 Å². The van der Waals surface area contributed by atoms with Crippen molar-refractivity contribution in [2.45, 2.75) is 24.9 Å². The van der Waals surface area contributed by atoms with Crippen LogP contribution in [0.15, 0.2) is 53.4 Å². The van der Waals surface area contributed by atoms with E-state index < -0.39 is 9.84 Å². The quantitative estimate of drug-likeness (QED) is 0.736. The van der Waals surface area contributed by atoms with Crippen LogP contribution < -0.4 is 0 Å². The molecule has 5 heteroatoms. The Morgan fingerprint density at radius 3 is 1.88 bits per heavy atom. The molecule has 24 heavy (non-hydrogen) atoms. The Hall–Kier alpha value is -1.69. The van der Waals surface area contributed by atoms with Crippen molar-refractivity contribution in [2.24, 2.45) is 0 Å². The van der Waals surface area contributed by atoms with E-state index in [2.05, 4.69) is 36.1 Å². The standard InChI is InChI=1S/C19H25NO3S/c1-16-4-6-17(7-5-16)14-20(12-13-23-2)15-18-8-10-19(11-9-18)24(3,21)22/h4-11H,12-15H2,1-3H3. The number of hydrogen-bond donors (Lipinski definition) is 0. The van der Waals surface area contributed by atoms with Gasteiger partial charge in [-0.05, 0) is 30.2 Å². The zero-order chi connectivity index (χ0) is 17.6. The first-order chi connectivity index (χ1) is 11.4. The lowest BCUT2D eigenvalue weighted by atomic mass is 10.1. The summed E-state index contributed by atoms with van der Waals surface area (Å²) in [7, 11) is -1.45. The second kappa shape index (κ2) is 8.42. The molecule has 0 amide bonds. The van der Waals surface area contributed by atoms with Gasteiger partial charge >= 0.3 is 0 Å². The van der Waals surface area contributed by atoms with Crippen molar-refractivity contribution in [1.82, 2.24) is 4.90 Å². The van der Waals surface area contributed by atoms with Gasteiger partial charge in [-0.3, -0.25) is 4.90 Å². The first-order valence-electron chi connectivity index (χ1n) is 7.94. The Morgan fingerprint density at radius 1 is 0.917 bits per heavy atom. The number of aryl methyl sites for hydroxylation is 1. The number of benzene rings is 2. The Bertz CT molecular complexity index is 737. The molecule has 0 radical (unpaired) electrons. The monoisotopic (exact) mass is 347 g/mol. The van der Waals surface area contributed by atoms with Crippen LogP contribution in [0.1, 0.15) is 16.7 Å². The molecule has 2 rings (SSSR count). The fraction of sp³-hybridized carbons (Fsp3) is 0.368. The maximum atomic E-state index is 11.5. The largest absolute Gasteiger partial charge is 0.383 e. The molecule has 4 nitrogen and oxygen atoms in total. The first-order valence-corrected chi connectivity index (χ1v) is 9.83. The highest BCUT2D eigenvalue weighted by molar-refractivity contribution is 7.90. The highest BCUT2D eigenvalue weighted by Crippen LogP contribution is 2.14. The van der Waals surface area contributed by atoms with Crippen LogP contribution in [0, 0.1) is 6.92 Å². The highest BCUT2D eigenvalue weighted by atomic mass is 32.2. The summed E-state index contributed by atoms with van der Waals surface area (Å²) in [5, 5.41) is 0. The van der Waals surface area contributed by atoms with Crippen molar-refractivity contribution in [1.29, 1.82) is 0 Å². The SMILES string of the molecule is COCCN(Cc1ccc(C)cc1)Cc1ccc(S(C)(=O)=O)cc1. The van der Waals surface area contributed by atoms with Crippen molar-refractivity contribution < 1.29 is 13.2 Å². The van der Waals surface area contributed by atoms with Crippen LogP contribution in [0.3, 0.4) is 0 Å². The summed E-state index contributed by atoms with van der Waals surface area (Å²) in [5.74, 6) is 0. The lowest BCUT2D eigenvalue weighted by Crippen LogP contribution is -2.26. The summed E-state index contributed by atoms with van der Waals surface area (Å²) in [6, 6.07) is 15.6. The second-order valence-corrected chi connectivity index (χ2v) is 8.12. The normalized spacial score (nSPS) is 11.8. The number of rotatable bonds is 8. The molecular weight excluding hydrogens is 322 g/mol. The minimum Gasteiger partial charge on any atom is -0.383 e. The van der Waals surface area contributed by atoms with Crippen LogP contribution in [0.4, 0.5) is 0 Å². The van der Waals surface area contributed by atoms with Crippen LogP contribution in [0.2, 0.25) is 0 Å². The molecule has 0 bridgehead atoms. The maximum Gasteiger partial charge on any atom is 0.175 e. The van der Waals surface area contributed by atoms with E-state index in [4.69, 9.17) is 4.74 Å². The van der Waals surface area contributed by atoms with Gasteiger partial charge in [-0.2, -0.15) is 0 Å². The molecule has 0 aromatic heterocycles. The van der Waals surface area contributed by atoms with Crippen LogP contribution in [-0.2, 0) is 27.7 Å². The number of hydrogen-bond acceptors (Lipinski definition) is 4. The molecule has 0 aliphatic heterocycles. The van der Waals surface area contributed by atoms with Gasteiger partial charge in [0.25, 0.3) is 0 Å². The minimum atomic E-state index is -3.15. The molecule has 0 saturated heterocycles. The average molecular weight is 347 g/mol. The molecule has 2 aromatic carbocycles. The molecule has 0 fully saturated rings. The van der Waals surface area contributed by atoms with Crippen molar-refractivity contribution in [3.63, 3.8) is 0 Å². The summed E-state index contributed by atoms with van der Waals surface area (Å²) in [4.78, 5) is 2.65. The highest BCUT2D eigenvalue weighted by Gasteiger charge is 2.10. The van der Waals surface area contributed by atoms with E-state index in [0.29, 0.717) is 11.5 Å². The summed E-state index contributed by atoms with van der Waals surface area (Å²) in [6.45, 7) is 5.14. The predicted molar refractivity (Wildman–Crippen MR) is 96.7 cm³/mol. The summed E-state index contributed by atoms with van der Waals surface area (Å²) < 4.78 is 28.3. The molecular formula is C19H25NO3S. The topological polar surface area (TPSA) is 46.6 Å². The molecule has 0 aliphatic carbocycles. The molecule has 0 N–H and O–H groups in total. The fourth-order valence-corrected chi connectivity index (χ4v) is 3.12. The van der Waals surface area contributed by atoms with Crippen molar-refractivity contribution >= 4 is 9.84 Å². The molecule has 2 aromatic rings. The number of methoxy groups -OCH3 is 1. The van der Waals surface area contributed by atoms with Gasteiger partial charge in [-0.25, -0.2) is 8.42 Å².